The maximum Gasteiger partial charge on any atom is 0.154 e. The molecule has 2 unspecified atom stereocenters. The second-order valence-corrected chi connectivity index (χ2v) is 7.94. The Morgan fingerprint density at radius 2 is 1.94 bits per heavy atom. The summed E-state index contributed by atoms with van der Waals surface area (Å²) in [7, 11) is -3.05. The summed E-state index contributed by atoms with van der Waals surface area (Å²) in [6.07, 6.45) is -0.739. The normalized spacial score (nSPS) is 27.2. The van der Waals surface area contributed by atoms with Gasteiger partial charge in [-0.25, -0.2) is 8.42 Å². The Morgan fingerprint density at radius 3 is 2.47 bits per heavy atom. The zero-order chi connectivity index (χ0) is 12.5. The first-order chi connectivity index (χ1) is 7.96. The molecule has 0 radical (unpaired) electrons. The van der Waals surface area contributed by atoms with Crippen molar-refractivity contribution >= 4 is 33.2 Å². The lowest BCUT2D eigenvalue weighted by molar-refractivity contribution is 0.207. The second kappa shape index (κ2) is 5.18. The van der Waals surface area contributed by atoms with Crippen LogP contribution in [0, 0.1) is 0 Å². The number of halogens is 1. The first kappa shape index (κ1) is 13.2. The monoisotopic (exact) mass is 292 g/mol. The molecule has 1 fully saturated rings. The Balaban J connectivity index is 1.93. The van der Waals surface area contributed by atoms with Crippen LogP contribution in [-0.4, -0.2) is 36.4 Å². The predicted octanol–water partition coefficient (Wildman–Crippen LogP) is 1.73. The molecule has 1 saturated heterocycles. The predicted molar refractivity (Wildman–Crippen MR) is 71.2 cm³/mol. The minimum absolute atomic E-state index is 0.0758. The molecule has 6 heteroatoms. The van der Waals surface area contributed by atoms with E-state index in [9.17, 15) is 13.5 Å². The molecule has 94 valence electrons. The van der Waals surface area contributed by atoms with Crippen LogP contribution in [0.1, 0.15) is 5.56 Å². The Labute approximate surface area is 110 Å². The first-order valence-corrected chi connectivity index (χ1v) is 8.46. The number of sulfone groups is 1. The van der Waals surface area contributed by atoms with E-state index in [1.54, 1.807) is 12.1 Å². The first-order valence-electron chi connectivity index (χ1n) is 5.21. The maximum atomic E-state index is 11.3. The van der Waals surface area contributed by atoms with Gasteiger partial charge in [0.05, 0.1) is 17.6 Å². The smallest absolute Gasteiger partial charge is 0.154 e. The van der Waals surface area contributed by atoms with E-state index in [-0.39, 0.29) is 16.8 Å². The van der Waals surface area contributed by atoms with Crippen LogP contribution in [0.4, 0.5) is 0 Å². The zero-order valence-corrected chi connectivity index (χ0v) is 11.4. The van der Waals surface area contributed by atoms with Crippen LogP contribution in [0.3, 0.4) is 0 Å². The van der Waals surface area contributed by atoms with Crippen molar-refractivity contribution in [3.05, 3.63) is 34.9 Å². The van der Waals surface area contributed by atoms with E-state index in [0.29, 0.717) is 10.8 Å². The topological polar surface area (TPSA) is 54.4 Å². The quantitative estimate of drug-likeness (QED) is 0.922. The molecule has 1 aliphatic heterocycles. The lowest BCUT2D eigenvalue weighted by Crippen LogP contribution is -2.20. The van der Waals surface area contributed by atoms with Crippen molar-refractivity contribution in [2.75, 3.05) is 11.5 Å². The Bertz CT molecular complexity index is 484. The summed E-state index contributed by atoms with van der Waals surface area (Å²) >= 11 is 7.25. The molecule has 3 nitrogen and oxygen atoms in total. The maximum absolute atomic E-state index is 11.3. The van der Waals surface area contributed by atoms with Crippen LogP contribution in [0.15, 0.2) is 24.3 Å². The summed E-state index contributed by atoms with van der Waals surface area (Å²) in [6.45, 7) is 0. The average Bonchev–Trinajstić information content (AvgIpc) is 2.51. The molecular formula is C11H13ClO3S2. The summed E-state index contributed by atoms with van der Waals surface area (Å²) in [6, 6.07) is 7.43. The second-order valence-electron chi connectivity index (χ2n) is 4.12. The lowest BCUT2D eigenvalue weighted by Gasteiger charge is -2.11. The molecule has 1 aromatic carbocycles. The molecule has 0 aromatic heterocycles. The highest BCUT2D eigenvalue weighted by atomic mass is 35.5. The van der Waals surface area contributed by atoms with E-state index >= 15 is 0 Å². The summed E-state index contributed by atoms with van der Waals surface area (Å²) in [5, 5.41) is 10.1. The van der Waals surface area contributed by atoms with Gasteiger partial charge in [-0.2, -0.15) is 0 Å². The molecule has 1 aliphatic rings. The Hall–Kier alpha value is -0.230. The number of hydrogen-bond acceptors (Lipinski definition) is 4. The van der Waals surface area contributed by atoms with E-state index < -0.39 is 15.9 Å². The molecule has 0 amide bonds. The SMILES string of the molecule is O=S1(=O)CC(O)C(SCc2ccc(Cl)cc2)C1. The third-order valence-electron chi connectivity index (χ3n) is 2.65. The van der Waals surface area contributed by atoms with Gasteiger partial charge in [0.15, 0.2) is 9.84 Å². The van der Waals surface area contributed by atoms with Gasteiger partial charge in [-0.1, -0.05) is 23.7 Å². The largest absolute Gasteiger partial charge is 0.391 e. The fourth-order valence-electron chi connectivity index (χ4n) is 1.74. The molecule has 0 aliphatic carbocycles. The van der Waals surface area contributed by atoms with Crippen LogP contribution in [0.25, 0.3) is 0 Å². The van der Waals surface area contributed by atoms with Crippen LogP contribution in [0.2, 0.25) is 5.02 Å². The summed E-state index contributed by atoms with van der Waals surface area (Å²) in [4.78, 5) is 0. The van der Waals surface area contributed by atoms with E-state index in [1.165, 1.54) is 11.8 Å². The van der Waals surface area contributed by atoms with E-state index in [2.05, 4.69) is 0 Å². The molecule has 1 heterocycles. The van der Waals surface area contributed by atoms with Gasteiger partial charge in [0.2, 0.25) is 0 Å². The van der Waals surface area contributed by atoms with Crippen LogP contribution in [-0.2, 0) is 15.6 Å². The molecular weight excluding hydrogens is 280 g/mol. The molecule has 17 heavy (non-hydrogen) atoms. The van der Waals surface area contributed by atoms with E-state index in [0.717, 1.165) is 5.56 Å². The highest BCUT2D eigenvalue weighted by molar-refractivity contribution is 8.01. The number of hydrogen-bond donors (Lipinski definition) is 1. The standard InChI is InChI=1S/C11H13ClO3S2/c12-9-3-1-8(2-4-9)5-16-11-7-17(14,15)6-10(11)13/h1-4,10-11,13H,5-7H2. The van der Waals surface area contributed by atoms with Gasteiger partial charge in [-0.3, -0.25) is 0 Å². The minimum Gasteiger partial charge on any atom is -0.391 e. The fourth-order valence-corrected chi connectivity index (χ4v) is 5.52. The number of thioether (sulfide) groups is 1. The van der Waals surface area contributed by atoms with Crippen molar-refractivity contribution in [3.63, 3.8) is 0 Å². The summed E-state index contributed by atoms with van der Waals surface area (Å²) in [5.74, 6) is 0.659. The molecule has 0 saturated carbocycles. The van der Waals surface area contributed by atoms with Crippen molar-refractivity contribution in [2.24, 2.45) is 0 Å². The molecule has 2 rings (SSSR count). The van der Waals surface area contributed by atoms with Crippen LogP contribution >= 0.6 is 23.4 Å². The summed E-state index contributed by atoms with van der Waals surface area (Å²) < 4.78 is 22.6. The fraction of sp³-hybridized carbons (Fsp3) is 0.455. The van der Waals surface area contributed by atoms with E-state index in [1.807, 2.05) is 12.1 Å². The highest BCUT2D eigenvalue weighted by Gasteiger charge is 2.36. The molecule has 1 aromatic rings. The number of rotatable bonds is 3. The third kappa shape index (κ3) is 3.61. The lowest BCUT2D eigenvalue weighted by atomic mass is 10.2. The van der Waals surface area contributed by atoms with Gasteiger partial charge in [0, 0.05) is 16.0 Å². The molecule has 0 bridgehead atoms. The summed E-state index contributed by atoms with van der Waals surface area (Å²) in [5.41, 5.74) is 1.08. The van der Waals surface area contributed by atoms with Crippen molar-refractivity contribution in [2.45, 2.75) is 17.1 Å². The molecule has 2 atom stereocenters. The van der Waals surface area contributed by atoms with Gasteiger partial charge in [-0.05, 0) is 17.7 Å². The molecule has 1 N–H and O–H groups in total. The Kier molecular flexibility index (Phi) is 4.02. The zero-order valence-electron chi connectivity index (χ0n) is 9.04. The number of aliphatic hydroxyl groups excluding tert-OH is 1. The average molecular weight is 293 g/mol. The van der Waals surface area contributed by atoms with Crippen LogP contribution < -0.4 is 0 Å². The third-order valence-corrected chi connectivity index (χ3v) is 6.24. The van der Waals surface area contributed by atoms with Crippen LogP contribution in [0.5, 0.6) is 0 Å². The Morgan fingerprint density at radius 1 is 1.29 bits per heavy atom. The van der Waals surface area contributed by atoms with Gasteiger partial charge in [0.25, 0.3) is 0 Å². The van der Waals surface area contributed by atoms with Gasteiger partial charge >= 0.3 is 0 Å². The van der Waals surface area contributed by atoms with Gasteiger partial charge in [-0.15, -0.1) is 11.8 Å². The van der Waals surface area contributed by atoms with Crippen molar-refractivity contribution in [1.82, 2.24) is 0 Å². The van der Waals surface area contributed by atoms with Gasteiger partial charge in [0.1, 0.15) is 0 Å². The molecule has 0 spiro atoms. The highest BCUT2D eigenvalue weighted by Crippen LogP contribution is 2.28. The minimum atomic E-state index is -3.05. The van der Waals surface area contributed by atoms with E-state index in [4.69, 9.17) is 11.6 Å². The number of aliphatic hydroxyl groups is 1. The van der Waals surface area contributed by atoms with Crippen molar-refractivity contribution < 1.29 is 13.5 Å². The van der Waals surface area contributed by atoms with Crippen molar-refractivity contribution in [1.29, 1.82) is 0 Å². The number of benzene rings is 1. The van der Waals surface area contributed by atoms with Crippen molar-refractivity contribution in [3.8, 4) is 0 Å². The van der Waals surface area contributed by atoms with Gasteiger partial charge < -0.3 is 5.11 Å².